The molecular formula is C14H13ClF3N3O2. The quantitative estimate of drug-likeness (QED) is 0.854. The van der Waals surface area contributed by atoms with E-state index in [1.807, 2.05) is 0 Å². The van der Waals surface area contributed by atoms with Crippen molar-refractivity contribution in [3.63, 3.8) is 0 Å². The Balaban J connectivity index is 1.90. The predicted octanol–water partition coefficient (Wildman–Crippen LogP) is 4.10. The monoisotopic (exact) mass is 347 g/mol. The standard InChI is InChI=1S/C14H13ClF3N3O2/c1-8-6-12(21-23-8)19-5-4-13(22)20-9-2-3-11(15)10(7-9)14(16,17)18/h2-3,6-7H,4-5H2,1H3,(H,19,21)(H,20,22). The molecular weight excluding hydrogens is 335 g/mol. The Hall–Kier alpha value is -2.22. The summed E-state index contributed by atoms with van der Waals surface area (Å²) < 4.78 is 43.0. The predicted molar refractivity (Wildman–Crippen MR) is 79.4 cm³/mol. The fraction of sp³-hybridized carbons (Fsp3) is 0.286. The van der Waals surface area contributed by atoms with Crippen molar-refractivity contribution in [3.8, 4) is 0 Å². The van der Waals surface area contributed by atoms with Gasteiger partial charge in [0.05, 0.1) is 10.6 Å². The normalized spacial score (nSPS) is 11.3. The highest BCUT2D eigenvalue weighted by Gasteiger charge is 2.33. The van der Waals surface area contributed by atoms with Crippen LogP contribution in [0.3, 0.4) is 0 Å². The molecule has 0 unspecified atom stereocenters. The third kappa shape index (κ3) is 4.88. The SMILES string of the molecule is Cc1cc(NCCC(=O)Nc2ccc(Cl)c(C(F)(F)F)c2)no1. The fourth-order valence-electron chi connectivity index (χ4n) is 1.80. The van der Waals surface area contributed by atoms with E-state index >= 15 is 0 Å². The van der Waals surface area contributed by atoms with E-state index in [0.717, 1.165) is 12.1 Å². The molecule has 0 atom stereocenters. The van der Waals surface area contributed by atoms with Gasteiger partial charge in [-0.3, -0.25) is 4.79 Å². The summed E-state index contributed by atoms with van der Waals surface area (Å²) in [4.78, 5) is 11.7. The van der Waals surface area contributed by atoms with Crippen LogP contribution in [0.5, 0.6) is 0 Å². The molecule has 0 spiro atoms. The molecule has 2 N–H and O–H groups in total. The lowest BCUT2D eigenvalue weighted by Crippen LogP contribution is -2.17. The molecule has 0 aliphatic heterocycles. The number of halogens is 4. The Labute approximate surface area is 134 Å². The van der Waals surface area contributed by atoms with Gasteiger partial charge in [-0.1, -0.05) is 16.8 Å². The molecule has 1 amide bonds. The summed E-state index contributed by atoms with van der Waals surface area (Å²) in [5, 5.41) is 8.52. The number of benzene rings is 1. The fourth-order valence-corrected chi connectivity index (χ4v) is 2.02. The lowest BCUT2D eigenvalue weighted by molar-refractivity contribution is -0.137. The van der Waals surface area contributed by atoms with Crippen LogP contribution in [0.25, 0.3) is 0 Å². The van der Waals surface area contributed by atoms with E-state index in [0.29, 0.717) is 11.6 Å². The van der Waals surface area contributed by atoms with E-state index < -0.39 is 22.7 Å². The number of nitrogens with zero attached hydrogens (tertiary/aromatic N) is 1. The summed E-state index contributed by atoms with van der Waals surface area (Å²) in [6, 6.07) is 4.86. The number of hydrogen-bond acceptors (Lipinski definition) is 4. The van der Waals surface area contributed by atoms with E-state index in [9.17, 15) is 18.0 Å². The maximum atomic E-state index is 12.7. The van der Waals surface area contributed by atoms with Gasteiger partial charge in [0, 0.05) is 24.7 Å². The second-order valence-corrected chi connectivity index (χ2v) is 5.15. The second-order valence-electron chi connectivity index (χ2n) is 4.74. The minimum atomic E-state index is -4.58. The maximum absolute atomic E-state index is 12.7. The van der Waals surface area contributed by atoms with Crippen molar-refractivity contribution in [2.75, 3.05) is 17.2 Å². The van der Waals surface area contributed by atoms with Gasteiger partial charge in [-0.15, -0.1) is 0 Å². The molecule has 1 heterocycles. The molecule has 23 heavy (non-hydrogen) atoms. The zero-order valence-corrected chi connectivity index (χ0v) is 12.8. The van der Waals surface area contributed by atoms with Gasteiger partial charge in [0.15, 0.2) is 5.82 Å². The van der Waals surface area contributed by atoms with Gasteiger partial charge in [0.2, 0.25) is 5.91 Å². The summed E-state index contributed by atoms with van der Waals surface area (Å²) in [7, 11) is 0. The number of carbonyl (C=O) groups excluding carboxylic acids is 1. The Bertz CT molecular complexity index is 701. The molecule has 0 aliphatic carbocycles. The number of aromatic nitrogens is 1. The Kier molecular flexibility index (Phi) is 5.15. The number of aryl methyl sites for hydroxylation is 1. The molecule has 0 aliphatic rings. The average molecular weight is 348 g/mol. The van der Waals surface area contributed by atoms with Crippen LogP contribution in [-0.4, -0.2) is 17.6 Å². The summed E-state index contributed by atoms with van der Waals surface area (Å²) >= 11 is 5.51. The van der Waals surface area contributed by atoms with Gasteiger partial charge >= 0.3 is 6.18 Å². The van der Waals surface area contributed by atoms with E-state index in [1.54, 1.807) is 13.0 Å². The number of carbonyl (C=O) groups is 1. The molecule has 124 valence electrons. The summed E-state index contributed by atoms with van der Waals surface area (Å²) in [5.41, 5.74) is -0.961. The number of alkyl halides is 3. The van der Waals surface area contributed by atoms with Crippen LogP contribution < -0.4 is 10.6 Å². The largest absolute Gasteiger partial charge is 0.417 e. The molecule has 1 aromatic heterocycles. The Morgan fingerprint density at radius 2 is 2.09 bits per heavy atom. The van der Waals surface area contributed by atoms with Gasteiger partial charge < -0.3 is 15.2 Å². The molecule has 2 aromatic rings. The second kappa shape index (κ2) is 6.91. The lowest BCUT2D eigenvalue weighted by Gasteiger charge is -2.11. The molecule has 0 fully saturated rings. The van der Waals surface area contributed by atoms with E-state index in [2.05, 4.69) is 15.8 Å². The Morgan fingerprint density at radius 1 is 1.35 bits per heavy atom. The van der Waals surface area contributed by atoms with Crippen LogP contribution in [0.1, 0.15) is 17.7 Å². The molecule has 5 nitrogen and oxygen atoms in total. The highest BCUT2D eigenvalue weighted by molar-refractivity contribution is 6.31. The number of amides is 1. The number of anilines is 2. The van der Waals surface area contributed by atoms with E-state index in [-0.39, 0.29) is 18.7 Å². The van der Waals surface area contributed by atoms with Gasteiger partial charge in [0.25, 0.3) is 0 Å². The van der Waals surface area contributed by atoms with Gasteiger partial charge in [-0.25, -0.2) is 0 Å². The maximum Gasteiger partial charge on any atom is 0.417 e. The first kappa shape index (κ1) is 17.1. The molecule has 2 rings (SSSR count). The summed E-state index contributed by atoms with van der Waals surface area (Å²) in [6.45, 7) is 1.99. The van der Waals surface area contributed by atoms with Crippen molar-refractivity contribution < 1.29 is 22.5 Å². The van der Waals surface area contributed by atoms with Crippen molar-refractivity contribution in [2.24, 2.45) is 0 Å². The van der Waals surface area contributed by atoms with Crippen LogP contribution in [0.15, 0.2) is 28.8 Å². The van der Waals surface area contributed by atoms with Crippen molar-refractivity contribution in [2.45, 2.75) is 19.5 Å². The highest BCUT2D eigenvalue weighted by Crippen LogP contribution is 2.36. The van der Waals surface area contributed by atoms with Crippen LogP contribution >= 0.6 is 11.6 Å². The van der Waals surface area contributed by atoms with Crippen LogP contribution in [0.2, 0.25) is 5.02 Å². The minimum Gasteiger partial charge on any atom is -0.367 e. The average Bonchev–Trinajstić information content (AvgIpc) is 2.85. The third-order valence-electron chi connectivity index (χ3n) is 2.84. The minimum absolute atomic E-state index is 0.0315. The summed E-state index contributed by atoms with van der Waals surface area (Å²) in [5.74, 6) is 0.673. The molecule has 0 saturated heterocycles. The smallest absolute Gasteiger partial charge is 0.367 e. The topological polar surface area (TPSA) is 67.2 Å². The van der Waals surface area contributed by atoms with Gasteiger partial charge in [-0.2, -0.15) is 13.2 Å². The summed E-state index contributed by atoms with van der Waals surface area (Å²) in [6.07, 6.45) is -4.53. The van der Waals surface area contributed by atoms with E-state index in [4.69, 9.17) is 16.1 Å². The van der Waals surface area contributed by atoms with Crippen molar-refractivity contribution in [3.05, 3.63) is 40.6 Å². The van der Waals surface area contributed by atoms with E-state index in [1.165, 1.54) is 6.07 Å². The number of rotatable bonds is 5. The zero-order chi connectivity index (χ0) is 17.0. The number of hydrogen-bond donors (Lipinski definition) is 2. The van der Waals surface area contributed by atoms with Crippen LogP contribution in [0.4, 0.5) is 24.7 Å². The first-order valence-corrected chi connectivity index (χ1v) is 6.97. The number of nitrogens with one attached hydrogen (secondary N) is 2. The van der Waals surface area contributed by atoms with Crippen molar-refractivity contribution in [1.82, 2.24) is 5.16 Å². The molecule has 1 aromatic carbocycles. The first-order valence-electron chi connectivity index (χ1n) is 6.59. The zero-order valence-electron chi connectivity index (χ0n) is 12.0. The van der Waals surface area contributed by atoms with Crippen molar-refractivity contribution >= 4 is 29.0 Å². The molecule has 0 saturated carbocycles. The molecule has 0 radical (unpaired) electrons. The van der Waals surface area contributed by atoms with Gasteiger partial charge in [0.1, 0.15) is 5.76 Å². The van der Waals surface area contributed by atoms with Gasteiger partial charge in [-0.05, 0) is 25.1 Å². The Morgan fingerprint density at radius 3 is 2.70 bits per heavy atom. The first-order chi connectivity index (χ1) is 10.8. The van der Waals surface area contributed by atoms with Crippen molar-refractivity contribution in [1.29, 1.82) is 0 Å². The van der Waals surface area contributed by atoms with Crippen LogP contribution in [0, 0.1) is 6.92 Å². The molecule has 9 heteroatoms. The highest BCUT2D eigenvalue weighted by atomic mass is 35.5. The van der Waals surface area contributed by atoms with Crippen LogP contribution in [-0.2, 0) is 11.0 Å². The molecule has 0 bridgehead atoms. The third-order valence-corrected chi connectivity index (χ3v) is 3.17. The lowest BCUT2D eigenvalue weighted by atomic mass is 10.2.